The molecule has 0 spiro atoms. The molecule has 0 unspecified atom stereocenters. The Balaban J connectivity index is 2.03. The monoisotopic (exact) mass is 319 g/mol. The van der Waals surface area contributed by atoms with E-state index in [1.165, 1.54) is 18.2 Å². The fraction of sp³-hybridized carbons (Fsp3) is 0.133. The maximum Gasteiger partial charge on any atom is 0.289 e. The zero-order valence-corrected chi connectivity index (χ0v) is 12.6. The molecule has 1 amide bonds. The molecule has 0 atom stereocenters. The molecule has 1 N–H and O–H groups in total. The number of likely N-dealkylation sites (N-methyl/N-ethyl adjacent to an activating group) is 1. The lowest BCUT2D eigenvalue weighted by Crippen LogP contribution is -2.29. The third-order valence-electron chi connectivity index (χ3n) is 3.00. The Kier molecular flexibility index (Phi) is 4.95. The van der Waals surface area contributed by atoms with Crippen LogP contribution in [0.2, 0.25) is 5.02 Å². The molecule has 0 aromatic heterocycles. The summed E-state index contributed by atoms with van der Waals surface area (Å²) in [5, 5.41) is 13.5. The first kappa shape index (κ1) is 15.8. The Morgan fingerprint density at radius 2 is 1.95 bits per heavy atom. The number of anilines is 2. The average molecular weight is 320 g/mol. The van der Waals surface area contributed by atoms with Gasteiger partial charge >= 0.3 is 0 Å². The highest BCUT2D eigenvalue weighted by molar-refractivity contribution is 6.32. The number of benzene rings is 2. The predicted molar refractivity (Wildman–Crippen MR) is 86.4 cm³/mol. The Hall–Kier alpha value is -2.60. The van der Waals surface area contributed by atoms with Crippen LogP contribution < -0.4 is 10.2 Å². The van der Waals surface area contributed by atoms with E-state index in [2.05, 4.69) is 5.32 Å². The molecule has 6 nitrogen and oxygen atoms in total. The number of hydrogen-bond donors (Lipinski definition) is 1. The number of nitrogens with zero attached hydrogens (tertiary/aromatic N) is 2. The number of halogens is 1. The molecule has 0 aliphatic rings. The first-order valence-corrected chi connectivity index (χ1v) is 6.85. The Morgan fingerprint density at radius 3 is 2.59 bits per heavy atom. The van der Waals surface area contributed by atoms with E-state index in [9.17, 15) is 14.9 Å². The molecule has 0 saturated carbocycles. The zero-order valence-electron chi connectivity index (χ0n) is 11.8. The van der Waals surface area contributed by atoms with Crippen molar-refractivity contribution < 1.29 is 9.72 Å². The molecule has 2 aromatic carbocycles. The van der Waals surface area contributed by atoms with Gasteiger partial charge in [-0.15, -0.1) is 0 Å². The highest BCUT2D eigenvalue weighted by atomic mass is 35.5. The van der Waals surface area contributed by atoms with Gasteiger partial charge in [-0.3, -0.25) is 14.9 Å². The van der Waals surface area contributed by atoms with E-state index in [0.717, 1.165) is 5.69 Å². The smallest absolute Gasteiger partial charge is 0.289 e. The second kappa shape index (κ2) is 6.91. The summed E-state index contributed by atoms with van der Waals surface area (Å²) >= 11 is 5.73. The van der Waals surface area contributed by atoms with E-state index in [-0.39, 0.29) is 23.2 Å². The van der Waals surface area contributed by atoms with Gasteiger partial charge in [-0.2, -0.15) is 0 Å². The third kappa shape index (κ3) is 3.95. The van der Waals surface area contributed by atoms with Crippen LogP contribution >= 0.6 is 11.6 Å². The van der Waals surface area contributed by atoms with Crippen molar-refractivity contribution in [2.45, 2.75) is 0 Å². The van der Waals surface area contributed by atoms with Gasteiger partial charge in [0.15, 0.2) is 0 Å². The number of carbonyl (C=O) groups is 1. The molecule has 2 rings (SSSR count). The first-order valence-electron chi connectivity index (χ1n) is 6.47. The topological polar surface area (TPSA) is 75.5 Å². The van der Waals surface area contributed by atoms with E-state index in [0.29, 0.717) is 5.69 Å². The molecule has 0 heterocycles. The molecule has 22 heavy (non-hydrogen) atoms. The van der Waals surface area contributed by atoms with Crippen molar-refractivity contribution in [2.75, 3.05) is 23.8 Å². The van der Waals surface area contributed by atoms with Crippen LogP contribution in [0.3, 0.4) is 0 Å². The number of nitro benzene ring substituents is 1. The molecule has 0 aliphatic carbocycles. The maximum atomic E-state index is 12.0. The molecule has 0 bridgehead atoms. The average Bonchev–Trinajstić information content (AvgIpc) is 2.49. The number of rotatable bonds is 5. The summed E-state index contributed by atoms with van der Waals surface area (Å²) in [6, 6.07) is 13.6. The van der Waals surface area contributed by atoms with Crippen LogP contribution in [0.4, 0.5) is 17.1 Å². The lowest BCUT2D eigenvalue weighted by Gasteiger charge is -2.18. The summed E-state index contributed by atoms with van der Waals surface area (Å²) in [7, 11) is 1.79. The number of nitro groups is 1. The second-order valence-corrected chi connectivity index (χ2v) is 5.07. The molecular formula is C15H14ClN3O3. The van der Waals surface area contributed by atoms with Crippen LogP contribution in [0.1, 0.15) is 0 Å². The van der Waals surface area contributed by atoms with Crippen molar-refractivity contribution in [3.05, 3.63) is 63.7 Å². The number of carbonyl (C=O) groups excluding carboxylic acids is 1. The molecule has 2 aromatic rings. The van der Waals surface area contributed by atoms with Crippen molar-refractivity contribution in [3.8, 4) is 0 Å². The number of nitrogens with one attached hydrogen (secondary N) is 1. The number of hydrogen-bond acceptors (Lipinski definition) is 4. The molecule has 7 heteroatoms. The van der Waals surface area contributed by atoms with Gasteiger partial charge in [0, 0.05) is 24.5 Å². The van der Waals surface area contributed by atoms with Crippen molar-refractivity contribution in [2.24, 2.45) is 0 Å². The molecule has 0 radical (unpaired) electrons. The SMILES string of the molecule is CN(CC(=O)Nc1ccc(Cl)c([N+](=O)[O-])c1)c1ccccc1. The lowest BCUT2D eigenvalue weighted by molar-refractivity contribution is -0.384. The van der Waals surface area contributed by atoms with Crippen molar-refractivity contribution in [1.82, 2.24) is 0 Å². The van der Waals surface area contributed by atoms with Gasteiger partial charge in [-0.05, 0) is 24.3 Å². The van der Waals surface area contributed by atoms with E-state index in [1.54, 1.807) is 11.9 Å². The minimum atomic E-state index is -0.589. The van der Waals surface area contributed by atoms with Gasteiger partial charge in [0.25, 0.3) is 5.69 Å². The van der Waals surface area contributed by atoms with Crippen LogP contribution in [0.5, 0.6) is 0 Å². The van der Waals surface area contributed by atoms with Gasteiger partial charge in [0.05, 0.1) is 11.5 Å². The van der Waals surface area contributed by atoms with Crippen molar-refractivity contribution >= 4 is 34.6 Å². The lowest BCUT2D eigenvalue weighted by atomic mass is 10.2. The fourth-order valence-electron chi connectivity index (χ4n) is 1.92. The molecule has 0 aliphatic heterocycles. The Bertz CT molecular complexity index is 692. The van der Waals surface area contributed by atoms with E-state index >= 15 is 0 Å². The van der Waals surface area contributed by atoms with Gasteiger partial charge in [-0.25, -0.2) is 0 Å². The van der Waals surface area contributed by atoms with Gasteiger partial charge in [0.1, 0.15) is 5.02 Å². The van der Waals surface area contributed by atoms with Crippen LogP contribution in [-0.2, 0) is 4.79 Å². The number of amides is 1. The van der Waals surface area contributed by atoms with Gasteiger partial charge in [0.2, 0.25) is 5.91 Å². The minimum Gasteiger partial charge on any atom is -0.365 e. The second-order valence-electron chi connectivity index (χ2n) is 4.66. The van der Waals surface area contributed by atoms with Crippen LogP contribution in [0.25, 0.3) is 0 Å². The van der Waals surface area contributed by atoms with Crippen LogP contribution in [-0.4, -0.2) is 24.4 Å². The highest BCUT2D eigenvalue weighted by Gasteiger charge is 2.14. The molecule has 0 saturated heterocycles. The third-order valence-corrected chi connectivity index (χ3v) is 3.32. The number of para-hydroxylation sites is 1. The molecule has 0 fully saturated rings. The quantitative estimate of drug-likeness (QED) is 0.677. The fourth-order valence-corrected chi connectivity index (χ4v) is 2.11. The highest BCUT2D eigenvalue weighted by Crippen LogP contribution is 2.27. The normalized spacial score (nSPS) is 10.1. The zero-order chi connectivity index (χ0) is 16.1. The minimum absolute atomic E-state index is 0.0319. The largest absolute Gasteiger partial charge is 0.365 e. The Labute approximate surface area is 132 Å². The van der Waals surface area contributed by atoms with Crippen molar-refractivity contribution in [3.63, 3.8) is 0 Å². The van der Waals surface area contributed by atoms with E-state index in [1.807, 2.05) is 30.3 Å². The van der Waals surface area contributed by atoms with Crippen LogP contribution in [0, 0.1) is 10.1 Å². The Morgan fingerprint density at radius 1 is 1.27 bits per heavy atom. The summed E-state index contributed by atoms with van der Waals surface area (Å²) in [6.07, 6.45) is 0. The maximum absolute atomic E-state index is 12.0. The molecule has 114 valence electrons. The summed E-state index contributed by atoms with van der Waals surface area (Å²) in [5.41, 5.74) is 0.998. The molecular weight excluding hydrogens is 306 g/mol. The standard InChI is InChI=1S/C15H14ClN3O3/c1-18(12-5-3-2-4-6-12)10-15(20)17-11-7-8-13(16)14(9-11)19(21)22/h2-9H,10H2,1H3,(H,17,20). The van der Waals surface area contributed by atoms with Crippen molar-refractivity contribution in [1.29, 1.82) is 0 Å². The summed E-state index contributed by atoms with van der Waals surface area (Å²) in [6.45, 7) is 0.125. The van der Waals surface area contributed by atoms with Crippen LogP contribution in [0.15, 0.2) is 48.5 Å². The van der Waals surface area contributed by atoms with E-state index < -0.39 is 4.92 Å². The predicted octanol–water partition coefficient (Wildman–Crippen LogP) is 3.32. The first-order chi connectivity index (χ1) is 10.5. The van der Waals surface area contributed by atoms with Gasteiger partial charge < -0.3 is 10.2 Å². The summed E-state index contributed by atoms with van der Waals surface area (Å²) in [4.78, 5) is 24.0. The van der Waals surface area contributed by atoms with E-state index in [4.69, 9.17) is 11.6 Å². The summed E-state index contributed by atoms with van der Waals surface area (Å²) < 4.78 is 0. The van der Waals surface area contributed by atoms with Gasteiger partial charge in [-0.1, -0.05) is 29.8 Å². The summed E-state index contributed by atoms with van der Waals surface area (Å²) in [5.74, 6) is -0.275.